The third-order valence-corrected chi connectivity index (χ3v) is 5.21. The highest BCUT2D eigenvalue weighted by atomic mass is 35.5. The second-order valence-corrected chi connectivity index (χ2v) is 7.40. The molecule has 0 fully saturated rings. The quantitative estimate of drug-likeness (QED) is 0.413. The van der Waals surface area contributed by atoms with Crippen LogP contribution in [0.5, 0.6) is 5.75 Å². The number of ether oxygens (including phenoxy) is 1. The van der Waals surface area contributed by atoms with E-state index in [1.165, 1.54) is 35.6 Å². The lowest BCUT2D eigenvalue weighted by Crippen LogP contribution is -2.36. The molecule has 3 rings (SSSR count). The maximum atomic E-state index is 13.1. The number of nitrogens with zero attached hydrogens (tertiary/aromatic N) is 4. The van der Waals surface area contributed by atoms with Crippen LogP contribution in [0.4, 0.5) is 10.8 Å². The van der Waals surface area contributed by atoms with Crippen molar-refractivity contribution in [2.24, 2.45) is 0 Å². The molecule has 29 heavy (non-hydrogen) atoms. The van der Waals surface area contributed by atoms with E-state index in [9.17, 15) is 14.9 Å². The lowest BCUT2D eigenvalue weighted by Gasteiger charge is -2.22. The Balaban J connectivity index is 0.00000300. The Morgan fingerprint density at radius 2 is 1.86 bits per heavy atom. The summed E-state index contributed by atoms with van der Waals surface area (Å²) < 4.78 is 6.19. The van der Waals surface area contributed by atoms with Crippen LogP contribution in [0.2, 0.25) is 0 Å². The molecule has 154 valence electrons. The summed E-state index contributed by atoms with van der Waals surface area (Å²) in [5.41, 5.74) is 1.08. The van der Waals surface area contributed by atoms with Crippen LogP contribution in [0.1, 0.15) is 10.4 Å². The number of halogens is 1. The monoisotopic (exact) mass is 436 g/mol. The number of nitro benzene ring substituents is 1. The zero-order valence-electron chi connectivity index (χ0n) is 16.2. The summed E-state index contributed by atoms with van der Waals surface area (Å²) in [7, 11) is 5.45. The molecule has 0 radical (unpaired) electrons. The molecule has 1 heterocycles. The number of aromatic nitrogens is 1. The largest absolute Gasteiger partial charge is 0.497 e. The van der Waals surface area contributed by atoms with Crippen molar-refractivity contribution in [3.63, 3.8) is 0 Å². The number of benzene rings is 2. The summed E-state index contributed by atoms with van der Waals surface area (Å²) in [5.74, 6) is 0.452. The number of non-ortho nitro benzene ring substituents is 1. The number of anilines is 1. The maximum absolute atomic E-state index is 13.1. The fraction of sp³-hybridized carbons (Fsp3) is 0.263. The Morgan fingerprint density at radius 1 is 1.17 bits per heavy atom. The van der Waals surface area contributed by atoms with Gasteiger partial charge in [0, 0.05) is 36.9 Å². The molecule has 0 unspecified atom stereocenters. The van der Waals surface area contributed by atoms with E-state index in [0.29, 0.717) is 29.5 Å². The molecular weight excluding hydrogens is 416 g/mol. The van der Waals surface area contributed by atoms with Gasteiger partial charge in [0.05, 0.1) is 22.2 Å². The second kappa shape index (κ2) is 9.64. The van der Waals surface area contributed by atoms with Crippen LogP contribution in [0.3, 0.4) is 0 Å². The SMILES string of the molecule is COc1ccc2sc(N(CCN(C)C)C(=O)c3ccc([N+](=O)[O-])cc3)nc2c1.Cl. The Morgan fingerprint density at radius 3 is 2.45 bits per heavy atom. The van der Waals surface area contributed by atoms with E-state index < -0.39 is 4.92 Å². The van der Waals surface area contributed by atoms with E-state index in [-0.39, 0.29) is 24.0 Å². The third kappa shape index (κ3) is 5.20. The Kier molecular flexibility index (Phi) is 7.49. The molecule has 0 saturated heterocycles. The summed E-state index contributed by atoms with van der Waals surface area (Å²) in [6, 6.07) is 11.2. The molecule has 0 aliphatic carbocycles. The van der Waals surface area contributed by atoms with Crippen molar-refractivity contribution >= 4 is 50.7 Å². The van der Waals surface area contributed by atoms with Crippen molar-refractivity contribution < 1.29 is 14.5 Å². The van der Waals surface area contributed by atoms with E-state index in [1.54, 1.807) is 12.0 Å². The number of hydrogen-bond donors (Lipinski definition) is 0. The minimum absolute atomic E-state index is 0. The first-order valence-corrected chi connectivity index (χ1v) is 9.36. The summed E-state index contributed by atoms with van der Waals surface area (Å²) in [6.07, 6.45) is 0. The van der Waals surface area contributed by atoms with Gasteiger partial charge in [-0.05, 0) is 38.4 Å². The highest BCUT2D eigenvalue weighted by molar-refractivity contribution is 7.22. The predicted octanol–water partition coefficient (Wildman–Crippen LogP) is 3.84. The molecule has 0 aliphatic heterocycles. The molecule has 0 saturated carbocycles. The Labute approximate surface area is 178 Å². The van der Waals surface area contributed by atoms with Gasteiger partial charge in [0.2, 0.25) is 0 Å². The summed E-state index contributed by atoms with van der Waals surface area (Å²) in [6.45, 7) is 1.09. The normalized spacial score (nSPS) is 10.6. The van der Waals surface area contributed by atoms with E-state index in [0.717, 1.165) is 10.2 Å². The van der Waals surface area contributed by atoms with Gasteiger partial charge in [0.15, 0.2) is 5.13 Å². The van der Waals surface area contributed by atoms with Crippen LogP contribution in [0, 0.1) is 10.1 Å². The molecule has 0 atom stereocenters. The van der Waals surface area contributed by atoms with Crippen LogP contribution in [-0.4, -0.2) is 55.0 Å². The number of carbonyl (C=O) groups excluding carboxylic acids is 1. The van der Waals surface area contributed by atoms with Crippen LogP contribution >= 0.6 is 23.7 Å². The highest BCUT2D eigenvalue weighted by Gasteiger charge is 2.22. The average molecular weight is 437 g/mol. The number of hydrogen-bond acceptors (Lipinski definition) is 7. The van der Waals surface area contributed by atoms with Crippen molar-refractivity contribution in [1.82, 2.24) is 9.88 Å². The summed E-state index contributed by atoms with van der Waals surface area (Å²) in [5, 5.41) is 11.4. The molecule has 0 N–H and O–H groups in total. The number of carbonyl (C=O) groups is 1. The van der Waals surface area contributed by atoms with E-state index in [2.05, 4.69) is 4.98 Å². The van der Waals surface area contributed by atoms with E-state index >= 15 is 0 Å². The Bertz CT molecular complexity index is 1010. The van der Waals surface area contributed by atoms with Gasteiger partial charge in [-0.1, -0.05) is 11.3 Å². The second-order valence-electron chi connectivity index (χ2n) is 6.39. The number of amides is 1. The topological polar surface area (TPSA) is 88.8 Å². The minimum atomic E-state index is -0.487. The molecular formula is C19H21ClN4O4S. The molecule has 1 aromatic heterocycles. The van der Waals surface area contributed by atoms with Gasteiger partial charge in [-0.15, -0.1) is 12.4 Å². The maximum Gasteiger partial charge on any atom is 0.269 e. The van der Waals surface area contributed by atoms with Gasteiger partial charge in [0.1, 0.15) is 5.75 Å². The molecule has 1 amide bonds. The molecule has 10 heteroatoms. The fourth-order valence-corrected chi connectivity index (χ4v) is 3.57. The van der Waals surface area contributed by atoms with Gasteiger partial charge in [-0.3, -0.25) is 19.8 Å². The number of fused-ring (bicyclic) bond motifs is 1. The number of nitro groups is 1. The zero-order valence-corrected chi connectivity index (χ0v) is 17.8. The van der Waals surface area contributed by atoms with Gasteiger partial charge in [0.25, 0.3) is 11.6 Å². The molecule has 8 nitrogen and oxygen atoms in total. The lowest BCUT2D eigenvalue weighted by molar-refractivity contribution is -0.384. The number of likely N-dealkylation sites (N-methyl/N-ethyl adjacent to an activating group) is 1. The standard InChI is InChI=1S/C19H20N4O4S.ClH/c1-21(2)10-11-22(18(24)13-4-6-14(7-5-13)23(25)26)19-20-16-12-15(27-3)8-9-17(16)28-19;/h4-9,12H,10-11H2,1-3H3;1H. The van der Waals surface area contributed by atoms with E-state index in [1.807, 2.05) is 37.2 Å². The first kappa shape index (κ1) is 22.5. The first-order valence-electron chi connectivity index (χ1n) is 8.54. The first-order chi connectivity index (χ1) is 13.4. The molecule has 2 aromatic carbocycles. The van der Waals surface area contributed by atoms with E-state index in [4.69, 9.17) is 4.74 Å². The van der Waals surface area contributed by atoms with Crippen molar-refractivity contribution in [3.05, 3.63) is 58.1 Å². The zero-order chi connectivity index (χ0) is 20.3. The number of methoxy groups -OCH3 is 1. The van der Waals surface area contributed by atoms with Gasteiger partial charge in [-0.2, -0.15) is 0 Å². The Hall–Kier alpha value is -2.75. The lowest BCUT2D eigenvalue weighted by atomic mass is 10.2. The van der Waals surface area contributed by atoms with Crippen molar-refractivity contribution in [1.29, 1.82) is 0 Å². The van der Waals surface area contributed by atoms with Crippen molar-refractivity contribution in [2.45, 2.75) is 0 Å². The van der Waals surface area contributed by atoms with Crippen molar-refractivity contribution in [2.75, 3.05) is 39.2 Å². The number of rotatable bonds is 7. The smallest absolute Gasteiger partial charge is 0.269 e. The van der Waals surface area contributed by atoms with Crippen molar-refractivity contribution in [3.8, 4) is 5.75 Å². The van der Waals surface area contributed by atoms with Gasteiger partial charge >= 0.3 is 0 Å². The summed E-state index contributed by atoms with van der Waals surface area (Å²) in [4.78, 5) is 31.7. The van der Waals surface area contributed by atoms with Gasteiger partial charge in [-0.25, -0.2) is 4.98 Å². The fourth-order valence-electron chi connectivity index (χ4n) is 2.60. The molecule has 0 aliphatic rings. The molecule has 0 spiro atoms. The number of thiazole rings is 1. The average Bonchev–Trinajstić information content (AvgIpc) is 3.10. The van der Waals surface area contributed by atoms with Crippen LogP contribution < -0.4 is 9.64 Å². The molecule has 3 aromatic rings. The van der Waals surface area contributed by atoms with Gasteiger partial charge < -0.3 is 9.64 Å². The van der Waals surface area contributed by atoms with Crippen LogP contribution in [0.25, 0.3) is 10.2 Å². The highest BCUT2D eigenvalue weighted by Crippen LogP contribution is 2.32. The summed E-state index contributed by atoms with van der Waals surface area (Å²) >= 11 is 1.42. The minimum Gasteiger partial charge on any atom is -0.497 e. The molecule has 0 bridgehead atoms. The van der Waals surface area contributed by atoms with Crippen LogP contribution in [0.15, 0.2) is 42.5 Å². The predicted molar refractivity (Wildman–Crippen MR) is 117 cm³/mol. The third-order valence-electron chi connectivity index (χ3n) is 4.16. The van der Waals surface area contributed by atoms with Crippen LogP contribution in [-0.2, 0) is 0 Å².